The molecule has 0 aromatic heterocycles. The molecule has 0 fully saturated rings. The third-order valence-corrected chi connectivity index (χ3v) is 4.29. The lowest BCUT2D eigenvalue weighted by Crippen LogP contribution is -2.15. The maximum absolute atomic E-state index is 12.8. The van der Waals surface area contributed by atoms with Crippen molar-refractivity contribution in [2.75, 3.05) is 11.9 Å². The van der Waals surface area contributed by atoms with Crippen LogP contribution in [0.5, 0.6) is 11.5 Å². The molecule has 3 aromatic rings. The van der Waals surface area contributed by atoms with Gasteiger partial charge >= 0.3 is 5.97 Å². The van der Waals surface area contributed by atoms with Crippen molar-refractivity contribution in [2.24, 2.45) is 0 Å². The number of nitrogens with one attached hydrogen (secondary N) is 1. The fourth-order valence-electron chi connectivity index (χ4n) is 2.84. The standard InChI is InChI=1S/C23H21NO5/c1-2-12-29-17-9-11-21(25)19(14-17)22(26)24-20-13-16(8-10-18(20)23(27)28)15-6-4-3-5-7-15/h3-11,13-14,25H,2,12H2,1H3,(H,24,26)(H,27,28). The average Bonchev–Trinajstić information content (AvgIpc) is 2.73. The van der Waals surface area contributed by atoms with E-state index >= 15 is 0 Å². The summed E-state index contributed by atoms with van der Waals surface area (Å²) in [6, 6.07) is 18.5. The summed E-state index contributed by atoms with van der Waals surface area (Å²) in [5.74, 6) is -1.56. The molecule has 3 aromatic carbocycles. The van der Waals surface area contributed by atoms with Gasteiger partial charge in [0.15, 0.2) is 0 Å². The van der Waals surface area contributed by atoms with E-state index in [-0.39, 0.29) is 22.6 Å². The molecule has 0 saturated carbocycles. The van der Waals surface area contributed by atoms with Crippen molar-refractivity contribution in [1.29, 1.82) is 0 Å². The molecular weight excluding hydrogens is 370 g/mol. The van der Waals surface area contributed by atoms with E-state index in [0.717, 1.165) is 17.5 Å². The van der Waals surface area contributed by atoms with Gasteiger partial charge in [-0.3, -0.25) is 4.79 Å². The van der Waals surface area contributed by atoms with Gasteiger partial charge in [-0.1, -0.05) is 43.3 Å². The van der Waals surface area contributed by atoms with E-state index in [1.54, 1.807) is 18.2 Å². The van der Waals surface area contributed by atoms with Gasteiger partial charge in [-0.2, -0.15) is 0 Å². The molecule has 0 radical (unpaired) electrons. The molecule has 148 valence electrons. The Kier molecular flexibility index (Phi) is 6.14. The van der Waals surface area contributed by atoms with Gasteiger partial charge in [-0.25, -0.2) is 4.79 Å². The SMILES string of the molecule is CCCOc1ccc(O)c(C(=O)Nc2cc(-c3ccccc3)ccc2C(=O)O)c1. The van der Waals surface area contributed by atoms with Crippen molar-refractivity contribution in [3.8, 4) is 22.6 Å². The van der Waals surface area contributed by atoms with Gasteiger partial charge in [0.05, 0.1) is 23.4 Å². The molecule has 1 amide bonds. The number of amides is 1. The second-order valence-corrected chi connectivity index (χ2v) is 6.41. The number of aromatic hydroxyl groups is 1. The predicted molar refractivity (Wildman–Crippen MR) is 111 cm³/mol. The summed E-state index contributed by atoms with van der Waals surface area (Å²) in [5, 5.41) is 22.2. The van der Waals surface area contributed by atoms with E-state index in [1.165, 1.54) is 18.2 Å². The Morgan fingerprint density at radius 1 is 0.931 bits per heavy atom. The summed E-state index contributed by atoms with van der Waals surface area (Å²) in [5.41, 5.74) is 1.74. The van der Waals surface area contributed by atoms with Crippen LogP contribution in [0.25, 0.3) is 11.1 Å². The lowest BCUT2D eigenvalue weighted by molar-refractivity contribution is 0.0698. The number of benzene rings is 3. The number of phenolic OH excluding ortho intramolecular Hbond substituents is 1. The number of carboxylic acids is 1. The smallest absolute Gasteiger partial charge is 0.337 e. The Bertz CT molecular complexity index is 1030. The van der Waals surface area contributed by atoms with Crippen LogP contribution in [-0.2, 0) is 0 Å². The first-order chi connectivity index (χ1) is 14.0. The quantitative estimate of drug-likeness (QED) is 0.538. The number of carboxylic acid groups (broad SMARTS) is 1. The van der Waals surface area contributed by atoms with Crippen molar-refractivity contribution >= 4 is 17.6 Å². The predicted octanol–water partition coefficient (Wildman–Crippen LogP) is 4.80. The number of aromatic carboxylic acids is 1. The molecule has 6 heteroatoms. The van der Waals surface area contributed by atoms with Gasteiger partial charge in [0, 0.05) is 0 Å². The molecule has 0 saturated heterocycles. The Hall–Kier alpha value is -3.80. The molecule has 0 bridgehead atoms. The number of phenols is 1. The lowest BCUT2D eigenvalue weighted by atomic mass is 10.0. The highest BCUT2D eigenvalue weighted by atomic mass is 16.5. The van der Waals surface area contributed by atoms with Crippen LogP contribution < -0.4 is 10.1 Å². The first-order valence-corrected chi connectivity index (χ1v) is 9.19. The van der Waals surface area contributed by atoms with Gasteiger partial charge < -0.3 is 20.3 Å². The minimum absolute atomic E-state index is 0.0000519. The average molecular weight is 391 g/mol. The minimum atomic E-state index is -1.16. The topological polar surface area (TPSA) is 95.9 Å². The van der Waals surface area contributed by atoms with Crippen molar-refractivity contribution in [1.82, 2.24) is 0 Å². The van der Waals surface area contributed by atoms with Crippen molar-refractivity contribution in [3.63, 3.8) is 0 Å². The maximum atomic E-state index is 12.8. The summed E-state index contributed by atoms with van der Waals surface area (Å²) in [6.07, 6.45) is 0.802. The highest BCUT2D eigenvalue weighted by Crippen LogP contribution is 2.28. The van der Waals surface area contributed by atoms with E-state index in [9.17, 15) is 19.8 Å². The first-order valence-electron chi connectivity index (χ1n) is 9.19. The fraction of sp³-hybridized carbons (Fsp3) is 0.130. The van der Waals surface area contributed by atoms with E-state index in [1.807, 2.05) is 37.3 Å². The van der Waals surface area contributed by atoms with E-state index < -0.39 is 11.9 Å². The summed E-state index contributed by atoms with van der Waals surface area (Å²) in [6.45, 7) is 2.44. The summed E-state index contributed by atoms with van der Waals surface area (Å²) in [7, 11) is 0. The van der Waals surface area contributed by atoms with Crippen LogP contribution in [0.2, 0.25) is 0 Å². The van der Waals surface area contributed by atoms with Crippen molar-refractivity contribution in [2.45, 2.75) is 13.3 Å². The number of carbonyl (C=O) groups excluding carboxylic acids is 1. The summed E-state index contributed by atoms with van der Waals surface area (Å²) < 4.78 is 5.50. The lowest BCUT2D eigenvalue weighted by Gasteiger charge is -2.13. The molecule has 3 N–H and O–H groups in total. The molecular formula is C23H21NO5. The van der Waals surface area contributed by atoms with Gasteiger partial charge in [-0.15, -0.1) is 0 Å². The highest BCUT2D eigenvalue weighted by Gasteiger charge is 2.18. The fourth-order valence-corrected chi connectivity index (χ4v) is 2.84. The summed E-state index contributed by atoms with van der Waals surface area (Å²) in [4.78, 5) is 24.4. The van der Waals surface area contributed by atoms with Gasteiger partial charge in [0.1, 0.15) is 11.5 Å². The molecule has 0 atom stereocenters. The number of hydrogen-bond donors (Lipinski definition) is 3. The van der Waals surface area contributed by atoms with Gasteiger partial charge in [-0.05, 0) is 47.9 Å². The Balaban J connectivity index is 1.94. The van der Waals surface area contributed by atoms with Crippen LogP contribution in [0.15, 0.2) is 66.7 Å². The monoisotopic (exact) mass is 391 g/mol. The molecule has 0 aliphatic rings. The van der Waals surface area contributed by atoms with Crippen LogP contribution in [0.1, 0.15) is 34.1 Å². The van der Waals surface area contributed by atoms with Crippen molar-refractivity contribution in [3.05, 3.63) is 77.9 Å². The normalized spacial score (nSPS) is 10.4. The third-order valence-electron chi connectivity index (χ3n) is 4.29. The minimum Gasteiger partial charge on any atom is -0.507 e. The van der Waals surface area contributed by atoms with Crippen LogP contribution in [0.3, 0.4) is 0 Å². The van der Waals surface area contributed by atoms with Crippen LogP contribution >= 0.6 is 0 Å². The molecule has 0 heterocycles. The zero-order valence-corrected chi connectivity index (χ0v) is 15.9. The zero-order chi connectivity index (χ0) is 20.8. The summed E-state index contributed by atoms with van der Waals surface area (Å²) >= 11 is 0. The second-order valence-electron chi connectivity index (χ2n) is 6.41. The molecule has 6 nitrogen and oxygen atoms in total. The number of carbonyl (C=O) groups is 2. The second kappa shape index (κ2) is 8.93. The molecule has 3 rings (SSSR count). The Morgan fingerprint density at radius 3 is 2.38 bits per heavy atom. The number of rotatable bonds is 7. The molecule has 0 spiro atoms. The maximum Gasteiger partial charge on any atom is 0.337 e. The van der Waals surface area contributed by atoms with Crippen LogP contribution in [0, 0.1) is 0 Å². The van der Waals surface area contributed by atoms with E-state index in [0.29, 0.717) is 12.4 Å². The number of hydrogen-bond acceptors (Lipinski definition) is 4. The molecule has 0 aliphatic heterocycles. The van der Waals surface area contributed by atoms with Crippen molar-refractivity contribution < 1.29 is 24.5 Å². The highest BCUT2D eigenvalue weighted by molar-refractivity contribution is 6.09. The third kappa shape index (κ3) is 4.73. The molecule has 29 heavy (non-hydrogen) atoms. The van der Waals surface area contributed by atoms with E-state index in [2.05, 4.69) is 5.32 Å². The first kappa shape index (κ1) is 19.9. The number of ether oxygens (including phenoxy) is 1. The van der Waals surface area contributed by atoms with Crippen LogP contribution in [0.4, 0.5) is 5.69 Å². The molecule has 0 aliphatic carbocycles. The molecule has 0 unspecified atom stereocenters. The van der Waals surface area contributed by atoms with Gasteiger partial charge in [0.2, 0.25) is 0 Å². The van der Waals surface area contributed by atoms with E-state index in [4.69, 9.17) is 4.74 Å². The number of anilines is 1. The largest absolute Gasteiger partial charge is 0.507 e. The Labute approximate surface area is 168 Å². The Morgan fingerprint density at radius 2 is 1.69 bits per heavy atom. The zero-order valence-electron chi connectivity index (χ0n) is 15.9. The van der Waals surface area contributed by atoms with Crippen LogP contribution in [-0.4, -0.2) is 28.7 Å². The van der Waals surface area contributed by atoms with Gasteiger partial charge in [0.25, 0.3) is 5.91 Å².